The van der Waals surface area contributed by atoms with Gasteiger partial charge in [-0.05, 0) is 90.8 Å². The standard InChI is InChI=1S/C50H30N2O/c1-2-10-31(11-3-1)32-20-22-35(23-21-32)50-51-44(37-25-27-46-43(29-37)40-18-8-14-34-15-9-19-47(53-46)48(34)40)30-45(52-50)49-39-17-7-5-13-36(39)28-42-38-16-6-4-12-33(38)24-26-41(42)49/h1-30H. The minimum Gasteiger partial charge on any atom is -0.456 e. The van der Waals surface area contributed by atoms with Crippen LogP contribution in [0.3, 0.4) is 0 Å². The lowest BCUT2D eigenvalue weighted by atomic mass is 9.91. The fourth-order valence-corrected chi connectivity index (χ4v) is 8.11. The number of hydrogen-bond acceptors (Lipinski definition) is 3. The van der Waals surface area contributed by atoms with E-state index in [0.717, 1.165) is 66.9 Å². The number of fused-ring (bicyclic) bond motifs is 6. The zero-order chi connectivity index (χ0) is 34.9. The highest BCUT2D eigenvalue weighted by Crippen LogP contribution is 2.48. The summed E-state index contributed by atoms with van der Waals surface area (Å²) in [6, 6.07) is 64.4. The second-order valence-electron chi connectivity index (χ2n) is 13.7. The van der Waals surface area contributed by atoms with Gasteiger partial charge in [0.25, 0.3) is 0 Å². The van der Waals surface area contributed by atoms with Gasteiger partial charge in [-0.3, -0.25) is 0 Å². The maximum atomic E-state index is 6.47. The monoisotopic (exact) mass is 674 g/mol. The molecule has 0 bridgehead atoms. The lowest BCUT2D eigenvalue weighted by Gasteiger charge is -2.22. The maximum Gasteiger partial charge on any atom is 0.160 e. The number of ether oxygens (including phenoxy) is 1. The first-order valence-corrected chi connectivity index (χ1v) is 18.0. The second kappa shape index (κ2) is 11.7. The molecule has 0 radical (unpaired) electrons. The van der Waals surface area contributed by atoms with Crippen molar-refractivity contribution in [3.8, 4) is 67.7 Å². The zero-order valence-corrected chi connectivity index (χ0v) is 28.6. The third-order valence-corrected chi connectivity index (χ3v) is 10.7. The minimum atomic E-state index is 0.681. The van der Waals surface area contributed by atoms with Gasteiger partial charge in [0.15, 0.2) is 5.82 Å². The van der Waals surface area contributed by atoms with Gasteiger partial charge >= 0.3 is 0 Å². The smallest absolute Gasteiger partial charge is 0.160 e. The summed E-state index contributed by atoms with van der Waals surface area (Å²) in [4.78, 5) is 10.7. The molecule has 0 aliphatic carbocycles. The molecule has 0 saturated heterocycles. The van der Waals surface area contributed by atoms with Crippen LogP contribution in [0.15, 0.2) is 182 Å². The highest BCUT2D eigenvalue weighted by Gasteiger charge is 2.22. The quantitative estimate of drug-likeness (QED) is 0.138. The van der Waals surface area contributed by atoms with Crippen molar-refractivity contribution in [1.29, 1.82) is 0 Å². The average Bonchev–Trinajstić information content (AvgIpc) is 3.23. The van der Waals surface area contributed by atoms with Crippen molar-refractivity contribution in [2.75, 3.05) is 0 Å². The summed E-state index contributed by atoms with van der Waals surface area (Å²) in [6.07, 6.45) is 0. The van der Waals surface area contributed by atoms with E-state index in [1.807, 2.05) is 12.1 Å². The highest BCUT2D eigenvalue weighted by atomic mass is 16.5. The summed E-state index contributed by atoms with van der Waals surface area (Å²) in [5.74, 6) is 2.41. The first kappa shape index (κ1) is 29.6. The van der Waals surface area contributed by atoms with E-state index in [-0.39, 0.29) is 0 Å². The molecule has 0 saturated carbocycles. The third kappa shape index (κ3) is 4.82. The SMILES string of the molecule is c1ccc(-c2ccc(-c3nc(-c4ccc5c(c4)-c4cccc6cccc(c46)O5)cc(-c4c5ccccc5cc5c4ccc4ccccc45)n3)cc2)cc1. The lowest BCUT2D eigenvalue weighted by molar-refractivity contribution is 0.487. The first-order chi connectivity index (χ1) is 26.2. The van der Waals surface area contributed by atoms with Crippen LogP contribution in [-0.4, -0.2) is 9.97 Å². The van der Waals surface area contributed by atoms with Gasteiger partial charge in [0.2, 0.25) is 0 Å². The van der Waals surface area contributed by atoms with Gasteiger partial charge in [0.1, 0.15) is 11.5 Å². The van der Waals surface area contributed by atoms with Gasteiger partial charge in [-0.1, -0.05) is 146 Å². The Kier molecular flexibility index (Phi) is 6.55. The molecule has 0 N–H and O–H groups in total. The summed E-state index contributed by atoms with van der Waals surface area (Å²) >= 11 is 0. The lowest BCUT2D eigenvalue weighted by Crippen LogP contribution is -1.99. The van der Waals surface area contributed by atoms with Crippen LogP contribution in [-0.2, 0) is 0 Å². The molecule has 9 aromatic carbocycles. The Morgan fingerprint density at radius 3 is 1.89 bits per heavy atom. The number of nitrogens with zero attached hydrogens (tertiary/aromatic N) is 2. The molecule has 3 nitrogen and oxygen atoms in total. The third-order valence-electron chi connectivity index (χ3n) is 10.7. The Labute approximate surface area is 306 Å². The van der Waals surface area contributed by atoms with Crippen LogP contribution in [0.1, 0.15) is 0 Å². The number of hydrogen-bond donors (Lipinski definition) is 0. The summed E-state index contributed by atoms with van der Waals surface area (Å²) in [7, 11) is 0. The van der Waals surface area contributed by atoms with E-state index < -0.39 is 0 Å². The van der Waals surface area contributed by atoms with E-state index >= 15 is 0 Å². The molecular formula is C50H30N2O. The van der Waals surface area contributed by atoms with E-state index in [4.69, 9.17) is 14.7 Å². The van der Waals surface area contributed by atoms with E-state index in [1.54, 1.807) is 0 Å². The molecule has 0 unspecified atom stereocenters. The van der Waals surface area contributed by atoms with E-state index in [2.05, 4.69) is 170 Å². The van der Waals surface area contributed by atoms with E-state index in [0.29, 0.717) is 5.82 Å². The Morgan fingerprint density at radius 2 is 1.02 bits per heavy atom. The molecule has 53 heavy (non-hydrogen) atoms. The van der Waals surface area contributed by atoms with Gasteiger partial charge in [-0.15, -0.1) is 0 Å². The highest BCUT2D eigenvalue weighted by molar-refractivity contribution is 6.20. The Bertz CT molecular complexity index is 3070. The molecule has 1 aliphatic rings. The summed E-state index contributed by atoms with van der Waals surface area (Å²) in [6.45, 7) is 0. The molecular weight excluding hydrogens is 645 g/mol. The van der Waals surface area contributed by atoms with Crippen molar-refractivity contribution >= 4 is 43.1 Å². The normalized spacial score (nSPS) is 11.9. The van der Waals surface area contributed by atoms with E-state index in [9.17, 15) is 0 Å². The topological polar surface area (TPSA) is 35.0 Å². The molecule has 246 valence electrons. The molecule has 0 atom stereocenters. The largest absolute Gasteiger partial charge is 0.456 e. The van der Waals surface area contributed by atoms with Crippen molar-refractivity contribution < 1.29 is 4.74 Å². The Hall–Kier alpha value is -7.10. The van der Waals surface area contributed by atoms with Crippen LogP contribution in [0.4, 0.5) is 0 Å². The zero-order valence-electron chi connectivity index (χ0n) is 28.6. The Balaban J connectivity index is 1.16. The van der Waals surface area contributed by atoms with Gasteiger partial charge in [0.05, 0.1) is 11.4 Å². The number of rotatable bonds is 4. The molecule has 10 aromatic rings. The van der Waals surface area contributed by atoms with Crippen LogP contribution in [0.2, 0.25) is 0 Å². The van der Waals surface area contributed by atoms with Crippen molar-refractivity contribution in [2.24, 2.45) is 0 Å². The molecule has 11 rings (SSSR count). The molecule has 1 aromatic heterocycles. The Morgan fingerprint density at radius 1 is 0.340 bits per heavy atom. The van der Waals surface area contributed by atoms with Gasteiger partial charge in [-0.25, -0.2) is 9.97 Å². The van der Waals surface area contributed by atoms with Gasteiger partial charge in [-0.2, -0.15) is 0 Å². The van der Waals surface area contributed by atoms with Crippen molar-refractivity contribution in [3.63, 3.8) is 0 Å². The minimum absolute atomic E-state index is 0.681. The second-order valence-corrected chi connectivity index (χ2v) is 13.7. The maximum absolute atomic E-state index is 6.47. The van der Waals surface area contributed by atoms with E-state index in [1.165, 1.54) is 38.1 Å². The summed E-state index contributed by atoms with van der Waals surface area (Å²) in [5.41, 5.74) is 9.37. The fourth-order valence-electron chi connectivity index (χ4n) is 8.11. The summed E-state index contributed by atoms with van der Waals surface area (Å²) < 4.78 is 6.47. The molecule has 0 fully saturated rings. The summed E-state index contributed by atoms with van der Waals surface area (Å²) in [5, 5.41) is 9.46. The van der Waals surface area contributed by atoms with Crippen LogP contribution < -0.4 is 4.74 Å². The molecule has 3 heteroatoms. The molecule has 2 heterocycles. The van der Waals surface area contributed by atoms with Crippen molar-refractivity contribution in [1.82, 2.24) is 9.97 Å². The fraction of sp³-hybridized carbons (Fsp3) is 0. The average molecular weight is 675 g/mol. The van der Waals surface area contributed by atoms with Crippen LogP contribution in [0.25, 0.3) is 99.2 Å². The van der Waals surface area contributed by atoms with Crippen molar-refractivity contribution in [3.05, 3.63) is 182 Å². The van der Waals surface area contributed by atoms with Gasteiger partial charge in [0, 0.05) is 27.6 Å². The van der Waals surface area contributed by atoms with Crippen LogP contribution in [0.5, 0.6) is 11.5 Å². The predicted octanol–water partition coefficient (Wildman–Crippen LogP) is 13.5. The number of aromatic nitrogens is 2. The first-order valence-electron chi connectivity index (χ1n) is 18.0. The molecule has 0 spiro atoms. The van der Waals surface area contributed by atoms with Crippen LogP contribution >= 0.6 is 0 Å². The van der Waals surface area contributed by atoms with Crippen molar-refractivity contribution in [2.45, 2.75) is 0 Å². The number of benzene rings is 9. The van der Waals surface area contributed by atoms with Gasteiger partial charge < -0.3 is 4.74 Å². The molecule has 1 aliphatic heterocycles. The predicted molar refractivity (Wildman–Crippen MR) is 219 cm³/mol. The molecule has 0 amide bonds. The van der Waals surface area contributed by atoms with Crippen LogP contribution in [0, 0.1) is 0 Å².